The molecule has 0 fully saturated rings. The molecule has 2 rings (SSSR count). The molecule has 0 unspecified atom stereocenters. The van der Waals surface area contributed by atoms with Crippen molar-refractivity contribution in [2.75, 3.05) is 0 Å². The third-order valence-electron chi connectivity index (χ3n) is 2.55. The lowest BCUT2D eigenvalue weighted by Crippen LogP contribution is -2.10. The molecule has 0 radical (unpaired) electrons. The van der Waals surface area contributed by atoms with Gasteiger partial charge in [-0.15, -0.1) is 0 Å². The van der Waals surface area contributed by atoms with E-state index in [-0.39, 0.29) is 16.8 Å². The Morgan fingerprint density at radius 1 is 1.37 bits per heavy atom. The summed E-state index contributed by atoms with van der Waals surface area (Å²) < 4.78 is 39.8. The van der Waals surface area contributed by atoms with Crippen molar-refractivity contribution in [2.24, 2.45) is 7.05 Å². The van der Waals surface area contributed by atoms with Crippen LogP contribution < -0.4 is 0 Å². The highest BCUT2D eigenvalue weighted by Crippen LogP contribution is 2.37. The summed E-state index contributed by atoms with van der Waals surface area (Å²) in [6, 6.07) is 0.800. The van der Waals surface area contributed by atoms with Crippen molar-refractivity contribution in [3.05, 3.63) is 35.8 Å². The van der Waals surface area contributed by atoms with Crippen LogP contribution in [0.4, 0.5) is 13.2 Å². The van der Waals surface area contributed by atoms with E-state index < -0.39 is 17.7 Å². The molecule has 1 N–H and O–H groups in total. The Kier molecular flexibility index (Phi) is 3.01. The third-order valence-corrected chi connectivity index (χ3v) is 2.55. The minimum atomic E-state index is -4.60. The topological polar surface area (TPSA) is 68.0 Å². The van der Waals surface area contributed by atoms with E-state index in [2.05, 4.69) is 10.1 Å². The van der Waals surface area contributed by atoms with Crippen molar-refractivity contribution < 1.29 is 23.1 Å². The molecule has 0 amide bonds. The van der Waals surface area contributed by atoms with Crippen LogP contribution in [0.3, 0.4) is 0 Å². The summed E-state index contributed by atoms with van der Waals surface area (Å²) >= 11 is 0. The monoisotopic (exact) mass is 271 g/mol. The number of halogens is 3. The molecule has 0 aliphatic carbocycles. The van der Waals surface area contributed by atoms with Gasteiger partial charge in [0.2, 0.25) is 0 Å². The molecule has 2 heterocycles. The molecule has 0 aromatic carbocycles. The number of alkyl halides is 3. The molecule has 19 heavy (non-hydrogen) atoms. The van der Waals surface area contributed by atoms with E-state index >= 15 is 0 Å². The summed E-state index contributed by atoms with van der Waals surface area (Å²) in [5.41, 5.74) is -1.70. The molecule has 0 aliphatic rings. The lowest BCUT2D eigenvalue weighted by molar-refractivity contribution is -0.137. The fourth-order valence-electron chi connectivity index (χ4n) is 1.74. The van der Waals surface area contributed by atoms with Gasteiger partial charge < -0.3 is 5.11 Å². The predicted molar refractivity (Wildman–Crippen MR) is 58.4 cm³/mol. The highest BCUT2D eigenvalue weighted by atomic mass is 19.4. The van der Waals surface area contributed by atoms with Crippen LogP contribution >= 0.6 is 0 Å². The quantitative estimate of drug-likeness (QED) is 0.909. The van der Waals surface area contributed by atoms with Crippen LogP contribution in [0.5, 0.6) is 0 Å². The van der Waals surface area contributed by atoms with Crippen LogP contribution in [-0.4, -0.2) is 25.8 Å². The average molecular weight is 271 g/mol. The zero-order valence-corrected chi connectivity index (χ0v) is 9.64. The molecule has 0 saturated carbocycles. The molecule has 5 nitrogen and oxygen atoms in total. The second kappa shape index (κ2) is 4.38. The lowest BCUT2D eigenvalue weighted by Gasteiger charge is -2.12. The number of aryl methyl sites for hydroxylation is 1. The van der Waals surface area contributed by atoms with Crippen LogP contribution in [0, 0.1) is 0 Å². The number of carbonyl (C=O) groups is 1. The van der Waals surface area contributed by atoms with Crippen molar-refractivity contribution in [2.45, 2.75) is 6.18 Å². The van der Waals surface area contributed by atoms with Crippen molar-refractivity contribution in [1.29, 1.82) is 0 Å². The van der Waals surface area contributed by atoms with Crippen LogP contribution in [0.25, 0.3) is 11.3 Å². The van der Waals surface area contributed by atoms with Crippen molar-refractivity contribution in [3.8, 4) is 11.3 Å². The molecule has 100 valence electrons. The Bertz CT molecular complexity index is 634. The van der Waals surface area contributed by atoms with Crippen LogP contribution in [-0.2, 0) is 13.2 Å². The van der Waals surface area contributed by atoms with Gasteiger partial charge in [-0.3, -0.25) is 9.67 Å². The number of carboxylic acids is 1. The molecule has 2 aromatic heterocycles. The second-order valence-electron chi connectivity index (χ2n) is 3.75. The van der Waals surface area contributed by atoms with E-state index in [1.807, 2.05) is 0 Å². The summed E-state index contributed by atoms with van der Waals surface area (Å²) in [5, 5.41) is 12.7. The number of hydrogen-bond donors (Lipinski definition) is 1. The molecular weight excluding hydrogens is 263 g/mol. The molecule has 8 heteroatoms. The average Bonchev–Trinajstić information content (AvgIpc) is 2.70. The van der Waals surface area contributed by atoms with Gasteiger partial charge in [-0.05, 0) is 6.07 Å². The third kappa shape index (κ3) is 2.28. The van der Waals surface area contributed by atoms with Gasteiger partial charge in [-0.2, -0.15) is 18.3 Å². The molecule has 0 bridgehead atoms. The van der Waals surface area contributed by atoms with Gasteiger partial charge in [0.25, 0.3) is 0 Å². The standard InChI is InChI=1S/C11H8F3N3O2/c1-17-9(7(5-16-17)10(18)19)6-4-15-3-2-8(6)11(12,13)14/h2-5H,1H3,(H,18,19). The van der Waals surface area contributed by atoms with E-state index in [4.69, 9.17) is 5.11 Å². The van der Waals surface area contributed by atoms with Crippen LogP contribution in [0.2, 0.25) is 0 Å². The van der Waals surface area contributed by atoms with E-state index in [1.54, 1.807) is 0 Å². The summed E-state index contributed by atoms with van der Waals surface area (Å²) in [7, 11) is 1.37. The Morgan fingerprint density at radius 3 is 2.63 bits per heavy atom. The molecule has 0 aliphatic heterocycles. The Morgan fingerprint density at radius 2 is 2.05 bits per heavy atom. The highest BCUT2D eigenvalue weighted by Gasteiger charge is 2.35. The summed E-state index contributed by atoms with van der Waals surface area (Å²) in [6.45, 7) is 0. The number of carboxylic acid groups (broad SMARTS) is 1. The summed E-state index contributed by atoms with van der Waals surface area (Å²) in [6.07, 6.45) is -1.61. The van der Waals surface area contributed by atoms with Crippen molar-refractivity contribution in [1.82, 2.24) is 14.8 Å². The smallest absolute Gasteiger partial charge is 0.417 e. The predicted octanol–water partition coefficient (Wildman–Crippen LogP) is 2.20. The van der Waals surface area contributed by atoms with Gasteiger partial charge in [0, 0.05) is 25.0 Å². The maximum absolute atomic E-state index is 12.9. The lowest BCUT2D eigenvalue weighted by atomic mass is 10.0. The first-order valence-corrected chi connectivity index (χ1v) is 5.09. The minimum Gasteiger partial charge on any atom is -0.478 e. The number of pyridine rings is 1. The maximum atomic E-state index is 12.9. The first-order chi connectivity index (χ1) is 8.82. The van der Waals surface area contributed by atoms with Crippen molar-refractivity contribution >= 4 is 5.97 Å². The molecular formula is C11H8F3N3O2. The van der Waals surface area contributed by atoms with Crippen LogP contribution in [0.1, 0.15) is 15.9 Å². The minimum absolute atomic E-state index is 0.132. The zero-order valence-electron chi connectivity index (χ0n) is 9.64. The van der Waals surface area contributed by atoms with Gasteiger partial charge in [0.15, 0.2) is 0 Å². The largest absolute Gasteiger partial charge is 0.478 e. The number of hydrogen-bond acceptors (Lipinski definition) is 3. The maximum Gasteiger partial charge on any atom is 0.417 e. The Labute approximate surface area is 105 Å². The second-order valence-corrected chi connectivity index (χ2v) is 3.75. The van der Waals surface area contributed by atoms with Gasteiger partial charge >= 0.3 is 12.1 Å². The van der Waals surface area contributed by atoms with E-state index in [0.29, 0.717) is 0 Å². The SMILES string of the molecule is Cn1ncc(C(=O)O)c1-c1cnccc1C(F)(F)F. The van der Waals surface area contributed by atoms with E-state index in [9.17, 15) is 18.0 Å². The van der Waals surface area contributed by atoms with E-state index in [1.165, 1.54) is 7.05 Å². The molecule has 0 atom stereocenters. The number of rotatable bonds is 2. The van der Waals surface area contributed by atoms with Gasteiger partial charge in [-0.25, -0.2) is 4.79 Å². The first-order valence-electron chi connectivity index (χ1n) is 5.09. The van der Waals surface area contributed by atoms with Crippen molar-refractivity contribution in [3.63, 3.8) is 0 Å². The number of aromatic carboxylic acids is 1. The molecule has 0 saturated heterocycles. The highest BCUT2D eigenvalue weighted by molar-refractivity contribution is 5.95. The molecule has 2 aromatic rings. The Balaban J connectivity index is 2.73. The molecule has 0 spiro atoms. The summed E-state index contributed by atoms with van der Waals surface area (Å²) in [5.74, 6) is -1.35. The Hall–Kier alpha value is -2.38. The first kappa shape index (κ1) is 13.1. The zero-order chi connectivity index (χ0) is 14.2. The van der Waals surface area contributed by atoms with E-state index in [0.717, 1.165) is 29.3 Å². The van der Waals surface area contributed by atoms with Gasteiger partial charge in [0.1, 0.15) is 5.56 Å². The van der Waals surface area contributed by atoms with Gasteiger partial charge in [-0.1, -0.05) is 0 Å². The fourth-order valence-corrected chi connectivity index (χ4v) is 1.74. The number of aromatic nitrogens is 3. The van der Waals surface area contributed by atoms with Crippen LogP contribution in [0.15, 0.2) is 24.7 Å². The fraction of sp³-hybridized carbons (Fsp3) is 0.182. The summed E-state index contributed by atoms with van der Waals surface area (Å²) in [4.78, 5) is 14.6. The normalized spacial score (nSPS) is 11.6. The van der Waals surface area contributed by atoms with Gasteiger partial charge in [0.05, 0.1) is 17.5 Å². The number of nitrogens with zero attached hydrogens (tertiary/aromatic N) is 3.